The molecule has 12 heteroatoms. The van der Waals surface area contributed by atoms with E-state index in [1.165, 1.54) is 6.07 Å². The van der Waals surface area contributed by atoms with Crippen molar-refractivity contribution in [2.45, 2.75) is 12.7 Å². The first-order chi connectivity index (χ1) is 17.3. The number of hydrogen-bond donors (Lipinski definition) is 1. The summed E-state index contributed by atoms with van der Waals surface area (Å²) in [5.74, 6) is 0. The first-order valence-corrected chi connectivity index (χ1v) is 11.4. The molecule has 0 radical (unpaired) electrons. The summed E-state index contributed by atoms with van der Waals surface area (Å²) in [4.78, 5) is 0. The van der Waals surface area contributed by atoms with Crippen molar-refractivity contribution in [2.24, 2.45) is 0 Å². The minimum absolute atomic E-state index is 0.0104. The van der Waals surface area contributed by atoms with Crippen molar-refractivity contribution < 1.29 is 13.2 Å². The van der Waals surface area contributed by atoms with Crippen molar-refractivity contribution in [3.63, 3.8) is 0 Å². The molecule has 0 fully saturated rings. The number of aromatic nitrogens is 7. The van der Waals surface area contributed by atoms with E-state index in [1.54, 1.807) is 33.9 Å². The van der Waals surface area contributed by atoms with E-state index >= 15 is 0 Å². The Balaban J connectivity index is 1.40. The molecular formula is C24H14Cl2F3N7. The topological polar surface area (TPSA) is 77.2 Å². The lowest BCUT2D eigenvalue weighted by Gasteiger charge is -2.12. The molecule has 7 nitrogen and oxygen atoms in total. The number of benzene rings is 3. The monoisotopic (exact) mass is 527 g/mol. The van der Waals surface area contributed by atoms with Gasteiger partial charge in [0.1, 0.15) is 5.52 Å². The molecule has 0 atom stereocenters. The van der Waals surface area contributed by atoms with Gasteiger partial charge in [0.05, 0.1) is 45.7 Å². The van der Waals surface area contributed by atoms with Crippen LogP contribution in [0.3, 0.4) is 0 Å². The molecule has 0 saturated heterocycles. The molecule has 6 aromatic rings. The van der Waals surface area contributed by atoms with Crippen molar-refractivity contribution in [3.05, 3.63) is 88.2 Å². The lowest BCUT2D eigenvalue weighted by atomic mass is 10.1. The maximum atomic E-state index is 13.0. The van der Waals surface area contributed by atoms with Gasteiger partial charge in [-0.05, 0) is 54.1 Å². The van der Waals surface area contributed by atoms with E-state index in [0.29, 0.717) is 27.3 Å². The van der Waals surface area contributed by atoms with Gasteiger partial charge in [0.2, 0.25) is 0 Å². The van der Waals surface area contributed by atoms with Crippen LogP contribution in [0.2, 0.25) is 10.0 Å². The summed E-state index contributed by atoms with van der Waals surface area (Å²) < 4.78 is 42.4. The molecule has 1 N–H and O–H groups in total. The summed E-state index contributed by atoms with van der Waals surface area (Å²) in [5.41, 5.74) is 3.96. The predicted molar refractivity (Wildman–Crippen MR) is 130 cm³/mol. The maximum Gasteiger partial charge on any atom is 0.416 e. The number of halogens is 5. The molecule has 0 spiro atoms. The highest BCUT2D eigenvalue weighted by molar-refractivity contribution is 6.35. The quantitative estimate of drug-likeness (QED) is 0.282. The summed E-state index contributed by atoms with van der Waals surface area (Å²) >= 11 is 12.7. The van der Waals surface area contributed by atoms with Crippen LogP contribution >= 0.6 is 23.2 Å². The third-order valence-corrected chi connectivity index (χ3v) is 6.53. The number of aromatic amines is 1. The molecule has 0 unspecified atom stereocenters. The second-order valence-electron chi connectivity index (χ2n) is 8.15. The second kappa shape index (κ2) is 8.35. The van der Waals surface area contributed by atoms with Crippen molar-refractivity contribution in [3.8, 4) is 16.9 Å². The maximum absolute atomic E-state index is 13.0. The average Bonchev–Trinajstić information content (AvgIpc) is 3.58. The van der Waals surface area contributed by atoms with Gasteiger partial charge in [-0.2, -0.15) is 23.4 Å². The van der Waals surface area contributed by atoms with E-state index < -0.39 is 11.7 Å². The smallest absolute Gasteiger partial charge is 0.278 e. The van der Waals surface area contributed by atoms with Crippen molar-refractivity contribution in [1.29, 1.82) is 0 Å². The molecule has 3 aromatic carbocycles. The summed E-state index contributed by atoms with van der Waals surface area (Å²) in [7, 11) is 0. The number of hydrogen-bond acceptors (Lipinski definition) is 4. The van der Waals surface area contributed by atoms with Crippen molar-refractivity contribution >= 4 is 45.1 Å². The van der Waals surface area contributed by atoms with Gasteiger partial charge in [-0.25, -0.2) is 4.68 Å². The van der Waals surface area contributed by atoms with Gasteiger partial charge in [-0.1, -0.05) is 34.5 Å². The zero-order chi connectivity index (χ0) is 25.0. The largest absolute Gasteiger partial charge is 0.416 e. The van der Waals surface area contributed by atoms with E-state index in [2.05, 4.69) is 25.6 Å². The highest BCUT2D eigenvalue weighted by Gasteiger charge is 2.31. The van der Waals surface area contributed by atoms with Crippen LogP contribution in [0.25, 0.3) is 38.9 Å². The Hall–Kier alpha value is -3.89. The van der Waals surface area contributed by atoms with Gasteiger partial charge in [-0.3, -0.25) is 9.78 Å². The predicted octanol–water partition coefficient (Wildman–Crippen LogP) is 6.53. The van der Waals surface area contributed by atoms with Crippen molar-refractivity contribution in [2.75, 3.05) is 0 Å². The molecule has 0 amide bonds. The number of H-pyrrole nitrogens is 1. The SMILES string of the molecule is FC(F)(F)c1ccc(Cn2nccc2-c2cc(Cl)c3nnn(-c4ccc5cn[nH]c5c4)c3c2)c(Cl)c1. The number of nitrogens with zero attached hydrogens (tertiary/aromatic N) is 6. The van der Waals surface area contributed by atoms with Gasteiger partial charge >= 0.3 is 6.18 Å². The van der Waals surface area contributed by atoms with E-state index in [-0.39, 0.29) is 11.6 Å². The highest BCUT2D eigenvalue weighted by atomic mass is 35.5. The molecule has 0 aliphatic carbocycles. The van der Waals surface area contributed by atoms with Crippen molar-refractivity contribution in [1.82, 2.24) is 35.0 Å². The molecular weight excluding hydrogens is 514 g/mol. The summed E-state index contributed by atoms with van der Waals surface area (Å²) in [6.45, 7) is 0.170. The van der Waals surface area contributed by atoms with Gasteiger partial charge < -0.3 is 0 Å². The van der Waals surface area contributed by atoms with E-state index in [9.17, 15) is 13.2 Å². The van der Waals surface area contributed by atoms with Crippen LogP contribution in [-0.2, 0) is 12.7 Å². The second-order valence-corrected chi connectivity index (χ2v) is 8.96. The zero-order valence-corrected chi connectivity index (χ0v) is 19.6. The number of rotatable bonds is 4. The zero-order valence-electron chi connectivity index (χ0n) is 18.1. The minimum Gasteiger partial charge on any atom is -0.278 e. The molecule has 0 bridgehead atoms. The third-order valence-electron chi connectivity index (χ3n) is 5.89. The Kier molecular flexibility index (Phi) is 5.24. The molecule has 3 heterocycles. The van der Waals surface area contributed by atoms with Gasteiger partial charge in [-0.15, -0.1) is 5.10 Å². The Morgan fingerprint density at radius 1 is 0.944 bits per heavy atom. The van der Waals surface area contributed by atoms with E-state index in [0.717, 1.165) is 34.3 Å². The fourth-order valence-electron chi connectivity index (χ4n) is 4.10. The lowest BCUT2D eigenvalue weighted by molar-refractivity contribution is -0.137. The van der Waals surface area contributed by atoms with Crippen LogP contribution in [0.15, 0.2) is 67.0 Å². The molecule has 36 heavy (non-hydrogen) atoms. The van der Waals surface area contributed by atoms with Crippen LogP contribution in [-0.4, -0.2) is 35.0 Å². The molecule has 0 saturated carbocycles. The first-order valence-electron chi connectivity index (χ1n) is 10.6. The van der Waals surface area contributed by atoms with Gasteiger partial charge in [0.15, 0.2) is 0 Å². The number of nitrogens with one attached hydrogen (secondary N) is 1. The van der Waals surface area contributed by atoms with Crippen LogP contribution in [0.4, 0.5) is 13.2 Å². The lowest BCUT2D eigenvalue weighted by Crippen LogP contribution is -2.08. The molecule has 3 aromatic heterocycles. The third kappa shape index (κ3) is 3.88. The van der Waals surface area contributed by atoms with Crippen LogP contribution in [0.1, 0.15) is 11.1 Å². The fourth-order valence-corrected chi connectivity index (χ4v) is 4.59. The number of alkyl halides is 3. The minimum atomic E-state index is -4.47. The Bertz CT molecular complexity index is 1750. The van der Waals surface area contributed by atoms with Crippen LogP contribution in [0, 0.1) is 0 Å². The molecule has 6 rings (SSSR count). The molecule has 0 aliphatic heterocycles. The summed E-state index contributed by atoms with van der Waals surface area (Å²) in [5, 5.41) is 21.2. The normalized spacial score (nSPS) is 12.1. The number of fused-ring (bicyclic) bond motifs is 2. The van der Waals surface area contributed by atoms with E-state index in [1.807, 2.05) is 24.3 Å². The fraction of sp³-hybridized carbons (Fsp3) is 0.0833. The molecule has 180 valence electrons. The van der Waals surface area contributed by atoms with Crippen LogP contribution in [0.5, 0.6) is 0 Å². The van der Waals surface area contributed by atoms with Crippen LogP contribution < -0.4 is 0 Å². The summed E-state index contributed by atoms with van der Waals surface area (Å²) in [6.07, 6.45) is -1.13. The van der Waals surface area contributed by atoms with Gasteiger partial charge in [0, 0.05) is 22.2 Å². The Labute approximate surface area is 211 Å². The summed E-state index contributed by atoms with van der Waals surface area (Å²) in [6, 6.07) is 14.5. The highest BCUT2D eigenvalue weighted by Crippen LogP contribution is 2.34. The standard InChI is InChI=1S/C24H14Cl2F3N7/c25-18-9-16(24(27,28)29)3-1-14(18)12-35-21(5-6-31-35)15-7-19(26)23-22(8-15)36(34-33-23)17-4-2-13-11-30-32-20(13)10-17/h1-11H,12H2,(H,30,32). The molecule has 0 aliphatic rings. The Morgan fingerprint density at radius 2 is 1.81 bits per heavy atom. The average molecular weight is 528 g/mol. The Morgan fingerprint density at radius 3 is 2.61 bits per heavy atom. The first kappa shape index (κ1) is 22.6. The van der Waals surface area contributed by atoms with Gasteiger partial charge in [0.25, 0.3) is 0 Å². The van der Waals surface area contributed by atoms with E-state index in [4.69, 9.17) is 23.2 Å².